The van der Waals surface area contributed by atoms with Crippen molar-refractivity contribution in [3.8, 4) is 22.8 Å². The number of nitrogen functional groups attached to an aromatic ring is 1. The number of ether oxygens (including phenoxy) is 1. The summed E-state index contributed by atoms with van der Waals surface area (Å²) >= 11 is 0. The summed E-state index contributed by atoms with van der Waals surface area (Å²) in [7, 11) is 0. The van der Waals surface area contributed by atoms with Crippen LogP contribution < -0.4 is 15.8 Å². The molecule has 1 saturated carbocycles. The Bertz CT molecular complexity index is 1490. The Hall–Kier alpha value is -4.24. The largest absolute Gasteiger partial charge is 0.457 e. The monoisotopic (exact) mass is 551 g/mol. The number of hydrogen-bond donors (Lipinski definition) is 2. The summed E-state index contributed by atoms with van der Waals surface area (Å²) in [5.41, 5.74) is 8.66. The van der Waals surface area contributed by atoms with E-state index < -0.39 is 0 Å². The number of anilines is 1. The Kier molecular flexibility index (Phi) is 8.23. The molecule has 1 unspecified atom stereocenters. The lowest BCUT2D eigenvalue weighted by molar-refractivity contribution is -0.127. The van der Waals surface area contributed by atoms with E-state index in [1.54, 1.807) is 6.08 Å². The van der Waals surface area contributed by atoms with Gasteiger partial charge >= 0.3 is 0 Å². The number of fused-ring (bicyclic) bond motifs is 1. The molecule has 3 N–H and O–H groups in total. The molecule has 9 heteroatoms. The zero-order valence-electron chi connectivity index (χ0n) is 23.3. The highest BCUT2D eigenvalue weighted by Crippen LogP contribution is 2.35. The van der Waals surface area contributed by atoms with Crippen molar-refractivity contribution in [3.63, 3.8) is 0 Å². The first-order valence-electron chi connectivity index (χ1n) is 14.7. The van der Waals surface area contributed by atoms with E-state index in [2.05, 4.69) is 15.3 Å². The summed E-state index contributed by atoms with van der Waals surface area (Å²) in [6.45, 7) is 2.04. The number of rotatable bonds is 8. The number of amides is 1. The first-order valence-corrected chi connectivity index (χ1v) is 14.7. The van der Waals surface area contributed by atoms with E-state index in [0.717, 1.165) is 54.1 Å². The highest BCUT2D eigenvalue weighted by atomic mass is 16.5. The van der Waals surface area contributed by atoms with Gasteiger partial charge in [-0.3, -0.25) is 4.79 Å². The van der Waals surface area contributed by atoms with Gasteiger partial charge in [-0.15, -0.1) is 0 Å². The minimum atomic E-state index is -0.00676. The van der Waals surface area contributed by atoms with Crippen LogP contribution in [0, 0.1) is 0 Å². The minimum absolute atomic E-state index is 0.00676. The number of nitrogens with zero attached hydrogens (tertiary/aromatic N) is 5. The van der Waals surface area contributed by atoms with Crippen LogP contribution in [-0.2, 0) is 4.79 Å². The van der Waals surface area contributed by atoms with Crippen LogP contribution in [0.25, 0.3) is 22.3 Å². The molecule has 9 nitrogen and oxygen atoms in total. The second-order valence-electron chi connectivity index (χ2n) is 10.9. The molecule has 0 bridgehead atoms. The molecule has 1 atom stereocenters. The number of carbonyl (C=O) groups excluding carboxylic acids is 1. The Morgan fingerprint density at radius 1 is 0.976 bits per heavy atom. The smallest absolute Gasteiger partial charge is 0.246 e. The van der Waals surface area contributed by atoms with Crippen LogP contribution in [0.3, 0.4) is 0 Å². The third kappa shape index (κ3) is 6.25. The van der Waals surface area contributed by atoms with Crippen molar-refractivity contribution >= 4 is 22.8 Å². The van der Waals surface area contributed by atoms with Crippen LogP contribution in [0.5, 0.6) is 11.5 Å². The molecule has 2 aliphatic rings. The molecule has 0 radical (unpaired) electrons. The van der Waals surface area contributed by atoms with Crippen molar-refractivity contribution in [2.24, 2.45) is 0 Å². The van der Waals surface area contributed by atoms with Gasteiger partial charge in [0.15, 0.2) is 5.65 Å². The number of hydrogen-bond acceptors (Lipinski definition) is 7. The molecule has 4 aromatic rings. The number of nitrogens with two attached hydrogens (primary N) is 1. The normalized spacial score (nSPS) is 18.2. The molecule has 41 heavy (non-hydrogen) atoms. The van der Waals surface area contributed by atoms with Gasteiger partial charge in [-0.25, -0.2) is 14.6 Å². The minimum Gasteiger partial charge on any atom is -0.457 e. The van der Waals surface area contributed by atoms with Crippen molar-refractivity contribution < 1.29 is 9.53 Å². The predicted molar refractivity (Wildman–Crippen MR) is 161 cm³/mol. The van der Waals surface area contributed by atoms with Crippen molar-refractivity contribution in [1.82, 2.24) is 30.0 Å². The van der Waals surface area contributed by atoms with Crippen molar-refractivity contribution in [2.45, 2.75) is 57.0 Å². The molecule has 1 amide bonds. The first kappa shape index (κ1) is 27.0. The topological polar surface area (TPSA) is 111 Å². The van der Waals surface area contributed by atoms with Gasteiger partial charge in [0.05, 0.1) is 11.4 Å². The highest BCUT2D eigenvalue weighted by molar-refractivity contribution is 5.98. The van der Waals surface area contributed by atoms with Crippen molar-refractivity contribution in [3.05, 3.63) is 73.1 Å². The second-order valence-corrected chi connectivity index (χ2v) is 10.9. The summed E-state index contributed by atoms with van der Waals surface area (Å²) < 4.78 is 7.89. The van der Waals surface area contributed by atoms with E-state index >= 15 is 0 Å². The quantitative estimate of drug-likeness (QED) is 0.278. The number of carbonyl (C=O) groups is 1. The molecular formula is C32H37N7O2. The number of benzene rings is 2. The lowest BCUT2D eigenvalue weighted by Gasteiger charge is -2.32. The summed E-state index contributed by atoms with van der Waals surface area (Å²) in [6, 6.07) is 18.0. The molecule has 1 aliphatic carbocycles. The number of piperidine rings is 1. The fourth-order valence-corrected chi connectivity index (χ4v) is 5.92. The van der Waals surface area contributed by atoms with Gasteiger partial charge in [0.25, 0.3) is 0 Å². The molecule has 212 valence electrons. The van der Waals surface area contributed by atoms with E-state index in [1.807, 2.05) is 70.3 Å². The van der Waals surface area contributed by atoms with E-state index in [-0.39, 0.29) is 11.9 Å². The molecular weight excluding hydrogens is 514 g/mol. The van der Waals surface area contributed by atoms with Crippen LogP contribution in [0.4, 0.5) is 5.82 Å². The second kappa shape index (κ2) is 12.5. The van der Waals surface area contributed by atoms with Gasteiger partial charge in [0, 0.05) is 37.3 Å². The number of likely N-dealkylation sites (tertiary alicyclic amines) is 1. The van der Waals surface area contributed by atoms with E-state index in [0.29, 0.717) is 24.1 Å². The standard InChI is InChI=1S/C32H37N7O2/c33-31-29-30(23-15-17-27(18-16-23)41-26-12-5-2-6-13-26)37-39(32(29)36-22-35-31)25-11-8-20-38(21-25)28(40)14-7-19-34-24-9-3-1-4-10-24/h2,5-7,12-18,22,24-25,34H,1,3-4,8-11,19-21H2,(H2,33,35,36). The molecule has 2 fully saturated rings. The van der Waals surface area contributed by atoms with Crippen LogP contribution in [-0.4, -0.2) is 56.2 Å². The van der Waals surface area contributed by atoms with Gasteiger partial charge in [0.1, 0.15) is 29.3 Å². The summed E-state index contributed by atoms with van der Waals surface area (Å²) in [5, 5.41) is 9.30. The highest BCUT2D eigenvalue weighted by Gasteiger charge is 2.28. The number of aromatic nitrogens is 4. The van der Waals surface area contributed by atoms with Gasteiger partial charge in [0.2, 0.25) is 5.91 Å². The number of para-hydroxylation sites is 1. The molecule has 3 heterocycles. The average Bonchev–Trinajstić information content (AvgIpc) is 3.42. The van der Waals surface area contributed by atoms with Crippen LogP contribution >= 0.6 is 0 Å². The third-order valence-electron chi connectivity index (χ3n) is 8.07. The maximum Gasteiger partial charge on any atom is 0.246 e. The fourth-order valence-electron chi connectivity index (χ4n) is 5.92. The first-order chi connectivity index (χ1) is 20.2. The predicted octanol–water partition coefficient (Wildman–Crippen LogP) is 5.51. The molecule has 6 rings (SSSR count). The summed E-state index contributed by atoms with van der Waals surface area (Å²) in [6.07, 6.45) is 13.3. The number of nitrogens with one attached hydrogen (secondary N) is 1. The van der Waals surface area contributed by atoms with E-state index in [1.165, 1.54) is 38.4 Å². The van der Waals surface area contributed by atoms with Crippen LogP contribution in [0.15, 0.2) is 73.1 Å². The summed E-state index contributed by atoms with van der Waals surface area (Å²) in [5.74, 6) is 1.94. The van der Waals surface area contributed by atoms with Gasteiger partial charge in [-0.2, -0.15) is 5.10 Å². The Balaban J connectivity index is 1.18. The molecule has 2 aromatic carbocycles. The zero-order chi connectivity index (χ0) is 28.0. The lowest BCUT2D eigenvalue weighted by atomic mass is 9.95. The van der Waals surface area contributed by atoms with Crippen molar-refractivity contribution in [1.29, 1.82) is 0 Å². The van der Waals surface area contributed by atoms with Gasteiger partial charge in [-0.1, -0.05) is 43.5 Å². The Labute approximate surface area is 240 Å². The molecule has 2 aromatic heterocycles. The van der Waals surface area contributed by atoms with Gasteiger partial charge < -0.3 is 20.7 Å². The molecule has 1 aliphatic heterocycles. The third-order valence-corrected chi connectivity index (χ3v) is 8.07. The SMILES string of the molecule is Nc1ncnc2c1c(-c1ccc(Oc3ccccc3)cc1)nn2C1CCCN(C(=O)C=CCNC2CCCCC2)C1. The van der Waals surface area contributed by atoms with Crippen LogP contribution in [0.1, 0.15) is 51.0 Å². The van der Waals surface area contributed by atoms with Crippen molar-refractivity contribution in [2.75, 3.05) is 25.4 Å². The maximum atomic E-state index is 13.1. The van der Waals surface area contributed by atoms with E-state index in [4.69, 9.17) is 15.6 Å². The lowest BCUT2D eigenvalue weighted by Crippen LogP contribution is -2.40. The Morgan fingerprint density at radius 3 is 2.56 bits per heavy atom. The average molecular weight is 552 g/mol. The van der Waals surface area contributed by atoms with Crippen LogP contribution in [0.2, 0.25) is 0 Å². The zero-order valence-corrected chi connectivity index (χ0v) is 23.3. The van der Waals surface area contributed by atoms with E-state index in [9.17, 15) is 4.79 Å². The summed E-state index contributed by atoms with van der Waals surface area (Å²) in [4.78, 5) is 23.8. The Morgan fingerprint density at radius 2 is 1.76 bits per heavy atom. The maximum absolute atomic E-state index is 13.1. The fraction of sp³-hybridized carbons (Fsp3) is 0.375. The molecule has 1 saturated heterocycles. The van der Waals surface area contributed by atoms with Gasteiger partial charge in [-0.05, 0) is 62.1 Å². The molecule has 0 spiro atoms.